The first-order chi connectivity index (χ1) is 8.32. The lowest BCUT2D eigenvalue weighted by molar-refractivity contribution is -0.385. The van der Waals surface area contributed by atoms with Crippen molar-refractivity contribution in [3.63, 3.8) is 0 Å². The molecule has 0 aliphatic rings. The Morgan fingerprint density at radius 2 is 1.94 bits per heavy atom. The summed E-state index contributed by atoms with van der Waals surface area (Å²) in [7, 11) is 0. The van der Waals surface area contributed by atoms with E-state index in [1.165, 1.54) is 12.1 Å². The SMILES string of the molecule is N#CCc1ccc([N+](=O)[O-])c(C#N)c1C(F)(F)F. The van der Waals surface area contributed by atoms with Crippen LogP contribution in [0.2, 0.25) is 0 Å². The maximum Gasteiger partial charge on any atom is 0.418 e. The molecule has 0 radical (unpaired) electrons. The van der Waals surface area contributed by atoms with Crippen LogP contribution in [0.4, 0.5) is 18.9 Å². The van der Waals surface area contributed by atoms with Gasteiger partial charge in [0.25, 0.3) is 5.69 Å². The van der Waals surface area contributed by atoms with E-state index >= 15 is 0 Å². The van der Waals surface area contributed by atoms with Gasteiger partial charge in [0.1, 0.15) is 11.6 Å². The second-order valence-electron chi connectivity index (χ2n) is 3.20. The van der Waals surface area contributed by atoms with Gasteiger partial charge in [-0.2, -0.15) is 23.7 Å². The van der Waals surface area contributed by atoms with Crippen molar-refractivity contribution in [3.05, 3.63) is 38.9 Å². The van der Waals surface area contributed by atoms with E-state index in [0.29, 0.717) is 0 Å². The minimum absolute atomic E-state index is 0.452. The third kappa shape index (κ3) is 2.38. The number of rotatable bonds is 2. The third-order valence-corrected chi connectivity index (χ3v) is 2.13. The zero-order chi connectivity index (χ0) is 13.9. The maximum atomic E-state index is 12.8. The van der Waals surface area contributed by atoms with E-state index < -0.39 is 39.9 Å². The minimum atomic E-state index is -4.93. The van der Waals surface area contributed by atoms with Crippen LogP contribution in [0.5, 0.6) is 0 Å². The molecule has 18 heavy (non-hydrogen) atoms. The molecule has 0 saturated heterocycles. The van der Waals surface area contributed by atoms with Gasteiger partial charge in [0.15, 0.2) is 0 Å². The largest absolute Gasteiger partial charge is 0.418 e. The zero-order valence-corrected chi connectivity index (χ0v) is 8.65. The average molecular weight is 255 g/mol. The van der Waals surface area contributed by atoms with E-state index in [9.17, 15) is 23.3 Å². The number of nitro benzene ring substituents is 1. The number of nitriles is 2. The van der Waals surface area contributed by atoms with Gasteiger partial charge < -0.3 is 0 Å². The van der Waals surface area contributed by atoms with Gasteiger partial charge in [-0.05, 0) is 5.56 Å². The summed E-state index contributed by atoms with van der Waals surface area (Å²) in [6, 6.07) is 4.33. The molecule has 0 aromatic heterocycles. The van der Waals surface area contributed by atoms with E-state index in [2.05, 4.69) is 0 Å². The van der Waals surface area contributed by atoms with E-state index in [1.54, 1.807) is 0 Å². The molecular formula is C10H4F3N3O2. The van der Waals surface area contributed by atoms with E-state index in [1.807, 2.05) is 0 Å². The number of hydrogen-bond acceptors (Lipinski definition) is 4. The Morgan fingerprint density at radius 3 is 2.33 bits per heavy atom. The van der Waals surface area contributed by atoms with E-state index in [0.717, 1.165) is 12.1 Å². The minimum Gasteiger partial charge on any atom is -0.258 e. The summed E-state index contributed by atoms with van der Waals surface area (Å²) in [5.41, 5.74) is -3.86. The molecule has 0 unspecified atom stereocenters. The Bertz CT molecular complexity index is 582. The highest BCUT2D eigenvalue weighted by atomic mass is 19.4. The Kier molecular flexibility index (Phi) is 3.53. The van der Waals surface area contributed by atoms with Crippen LogP contribution in [0, 0.1) is 32.8 Å². The van der Waals surface area contributed by atoms with Crippen LogP contribution < -0.4 is 0 Å². The fourth-order valence-electron chi connectivity index (χ4n) is 1.46. The summed E-state index contributed by atoms with van der Waals surface area (Å²) in [6.45, 7) is 0. The van der Waals surface area contributed by atoms with Crippen molar-refractivity contribution in [1.29, 1.82) is 10.5 Å². The van der Waals surface area contributed by atoms with Gasteiger partial charge in [0.2, 0.25) is 0 Å². The number of halogens is 3. The number of hydrogen-bond donors (Lipinski definition) is 0. The van der Waals surface area contributed by atoms with Gasteiger partial charge >= 0.3 is 6.18 Å². The Balaban J connectivity index is 3.70. The number of alkyl halides is 3. The predicted octanol–water partition coefficient (Wildman–Crippen LogP) is 2.55. The van der Waals surface area contributed by atoms with Crippen molar-refractivity contribution in [1.82, 2.24) is 0 Å². The molecule has 1 aromatic rings. The monoisotopic (exact) mass is 255 g/mol. The first-order valence-electron chi connectivity index (χ1n) is 4.47. The molecule has 0 heterocycles. The maximum absolute atomic E-state index is 12.8. The van der Waals surface area contributed by atoms with Crippen LogP contribution >= 0.6 is 0 Å². The second kappa shape index (κ2) is 4.72. The van der Waals surface area contributed by atoms with Crippen LogP contribution in [-0.2, 0) is 12.6 Å². The molecule has 0 aliphatic heterocycles. The molecule has 5 nitrogen and oxygen atoms in total. The normalized spacial score (nSPS) is 10.5. The Labute approximate surface area is 98.8 Å². The van der Waals surface area contributed by atoms with Crippen LogP contribution in [0.25, 0.3) is 0 Å². The number of nitro groups is 1. The lowest BCUT2D eigenvalue weighted by Gasteiger charge is -2.12. The molecule has 0 bridgehead atoms. The standard InChI is InChI=1S/C10H4F3N3O2/c11-10(12,13)9-6(3-4-14)1-2-8(16(17)18)7(9)5-15/h1-2H,3H2. The molecular weight excluding hydrogens is 251 g/mol. The molecule has 0 saturated carbocycles. The molecule has 0 aliphatic carbocycles. The van der Waals surface area contributed by atoms with Crippen molar-refractivity contribution < 1.29 is 18.1 Å². The van der Waals surface area contributed by atoms with Crippen LogP contribution in [0.15, 0.2) is 12.1 Å². The highest BCUT2D eigenvalue weighted by molar-refractivity contribution is 5.57. The van der Waals surface area contributed by atoms with Gasteiger partial charge in [-0.1, -0.05) is 6.07 Å². The number of nitrogens with zero attached hydrogens (tertiary/aromatic N) is 3. The summed E-state index contributed by atoms with van der Waals surface area (Å²) >= 11 is 0. The van der Waals surface area contributed by atoms with Gasteiger partial charge in [-0.3, -0.25) is 10.1 Å². The molecule has 0 amide bonds. The van der Waals surface area contributed by atoms with Crippen molar-refractivity contribution in [2.45, 2.75) is 12.6 Å². The van der Waals surface area contributed by atoms with Crippen molar-refractivity contribution in [2.75, 3.05) is 0 Å². The summed E-state index contributed by atoms with van der Waals surface area (Å²) < 4.78 is 38.3. The van der Waals surface area contributed by atoms with Gasteiger partial charge in [0, 0.05) is 6.07 Å². The molecule has 0 fully saturated rings. The lowest BCUT2D eigenvalue weighted by atomic mass is 9.97. The Hall–Kier alpha value is -2.61. The van der Waals surface area contributed by atoms with Crippen LogP contribution in [0.3, 0.4) is 0 Å². The number of benzene rings is 1. The van der Waals surface area contributed by atoms with E-state index in [-0.39, 0.29) is 0 Å². The molecule has 0 N–H and O–H groups in total. The summed E-state index contributed by atoms with van der Waals surface area (Å²) in [6.07, 6.45) is -5.51. The van der Waals surface area contributed by atoms with Gasteiger partial charge in [0.05, 0.1) is 23.0 Å². The fourth-order valence-corrected chi connectivity index (χ4v) is 1.46. The van der Waals surface area contributed by atoms with Gasteiger partial charge in [-0.15, -0.1) is 0 Å². The smallest absolute Gasteiger partial charge is 0.258 e. The highest BCUT2D eigenvalue weighted by Gasteiger charge is 2.39. The summed E-state index contributed by atoms with van der Waals surface area (Å²) in [5.74, 6) is 0. The first-order valence-corrected chi connectivity index (χ1v) is 4.47. The molecule has 1 rings (SSSR count). The molecule has 0 spiro atoms. The van der Waals surface area contributed by atoms with Crippen molar-refractivity contribution in [2.24, 2.45) is 0 Å². The predicted molar refractivity (Wildman–Crippen MR) is 52.1 cm³/mol. The van der Waals surface area contributed by atoms with Crippen LogP contribution in [0.1, 0.15) is 16.7 Å². The second-order valence-corrected chi connectivity index (χ2v) is 3.20. The zero-order valence-electron chi connectivity index (χ0n) is 8.65. The lowest BCUT2D eigenvalue weighted by Crippen LogP contribution is -2.13. The van der Waals surface area contributed by atoms with Gasteiger partial charge in [-0.25, -0.2) is 0 Å². The van der Waals surface area contributed by atoms with E-state index in [4.69, 9.17) is 10.5 Å². The average Bonchev–Trinajstić information content (AvgIpc) is 2.26. The first kappa shape index (κ1) is 13.5. The molecule has 1 aromatic carbocycles. The quantitative estimate of drug-likeness (QED) is 0.599. The highest BCUT2D eigenvalue weighted by Crippen LogP contribution is 2.38. The van der Waals surface area contributed by atoms with Crippen molar-refractivity contribution >= 4 is 5.69 Å². The van der Waals surface area contributed by atoms with Crippen molar-refractivity contribution in [3.8, 4) is 12.1 Å². The molecule has 0 atom stereocenters. The summed E-state index contributed by atoms with van der Waals surface area (Å²) in [4.78, 5) is 9.49. The Morgan fingerprint density at radius 1 is 1.33 bits per heavy atom. The molecule has 8 heteroatoms. The summed E-state index contributed by atoms with van der Waals surface area (Å²) in [5, 5.41) is 27.6. The topological polar surface area (TPSA) is 90.7 Å². The molecule has 92 valence electrons. The fraction of sp³-hybridized carbons (Fsp3) is 0.200. The van der Waals surface area contributed by atoms with Crippen LogP contribution in [-0.4, -0.2) is 4.92 Å². The third-order valence-electron chi connectivity index (χ3n) is 2.13.